The summed E-state index contributed by atoms with van der Waals surface area (Å²) in [5.41, 5.74) is 4.23. The highest BCUT2D eigenvalue weighted by Gasteiger charge is 2.17. The highest BCUT2D eigenvalue weighted by Crippen LogP contribution is 2.36. The lowest BCUT2D eigenvalue weighted by Crippen LogP contribution is -2.07. The molecule has 7 heteroatoms. The van der Waals surface area contributed by atoms with Crippen LogP contribution in [0.4, 0.5) is 0 Å². The van der Waals surface area contributed by atoms with Gasteiger partial charge in [0.15, 0.2) is 11.5 Å². The third-order valence-electron chi connectivity index (χ3n) is 5.05. The summed E-state index contributed by atoms with van der Waals surface area (Å²) in [6.45, 7) is 1.92. The number of methoxy groups -OCH3 is 5. The molecule has 0 bridgehead atoms. The number of esters is 2. The van der Waals surface area contributed by atoms with E-state index in [0.29, 0.717) is 29.2 Å². The van der Waals surface area contributed by atoms with Gasteiger partial charge in [-0.1, -0.05) is 12.1 Å². The molecule has 0 saturated heterocycles. The Morgan fingerprint density at radius 2 is 1.50 bits per heavy atom. The van der Waals surface area contributed by atoms with Crippen LogP contribution in [-0.2, 0) is 25.5 Å². The molecule has 0 aliphatic heterocycles. The number of hydrogen-bond acceptors (Lipinski definition) is 7. The zero-order chi connectivity index (χ0) is 23.7. The number of carbonyl (C=O) groups is 2. The maximum Gasteiger partial charge on any atom is 0.310 e. The summed E-state index contributed by atoms with van der Waals surface area (Å²) in [4.78, 5) is 23.6. The van der Waals surface area contributed by atoms with Gasteiger partial charge in [0, 0.05) is 12.0 Å². The average molecular weight is 443 g/mol. The first-order chi connectivity index (χ1) is 15.4. The molecule has 32 heavy (non-hydrogen) atoms. The second-order valence-corrected chi connectivity index (χ2v) is 7.04. The fraction of sp³-hybridized carbons (Fsp3) is 0.360. The zero-order valence-electron chi connectivity index (χ0n) is 19.4. The van der Waals surface area contributed by atoms with Crippen LogP contribution < -0.4 is 14.2 Å². The first kappa shape index (κ1) is 24.8. The van der Waals surface area contributed by atoms with Crippen LogP contribution in [0.15, 0.2) is 36.4 Å². The molecule has 0 spiro atoms. The van der Waals surface area contributed by atoms with Crippen LogP contribution in [0.1, 0.15) is 35.1 Å². The van der Waals surface area contributed by atoms with E-state index < -0.39 is 0 Å². The summed E-state index contributed by atoms with van der Waals surface area (Å²) < 4.78 is 26.0. The number of benzene rings is 2. The molecule has 2 aromatic rings. The smallest absolute Gasteiger partial charge is 0.310 e. The Labute approximate surface area is 188 Å². The Morgan fingerprint density at radius 3 is 2.09 bits per heavy atom. The van der Waals surface area contributed by atoms with Gasteiger partial charge in [0.05, 0.1) is 42.0 Å². The molecule has 0 saturated carbocycles. The minimum absolute atomic E-state index is 0.0791. The maximum atomic E-state index is 12.0. The van der Waals surface area contributed by atoms with Crippen molar-refractivity contribution in [2.75, 3.05) is 35.5 Å². The normalized spacial score (nSPS) is 11.0. The third-order valence-corrected chi connectivity index (χ3v) is 5.05. The van der Waals surface area contributed by atoms with Crippen molar-refractivity contribution in [1.82, 2.24) is 0 Å². The molecule has 0 aromatic heterocycles. The Bertz CT molecular complexity index is 992. The van der Waals surface area contributed by atoms with Crippen molar-refractivity contribution >= 4 is 17.5 Å². The second-order valence-electron chi connectivity index (χ2n) is 7.04. The first-order valence-electron chi connectivity index (χ1n) is 10.1. The Morgan fingerprint density at radius 1 is 0.812 bits per heavy atom. The van der Waals surface area contributed by atoms with Gasteiger partial charge < -0.3 is 23.7 Å². The van der Waals surface area contributed by atoms with Crippen LogP contribution in [0.5, 0.6) is 17.2 Å². The summed E-state index contributed by atoms with van der Waals surface area (Å²) in [6.07, 6.45) is 2.78. The molecule has 0 radical (unpaired) electrons. The predicted octanol–water partition coefficient (Wildman–Crippen LogP) is 4.12. The van der Waals surface area contributed by atoms with Crippen molar-refractivity contribution in [2.24, 2.45) is 0 Å². The molecule has 0 unspecified atom stereocenters. The largest absolute Gasteiger partial charge is 0.496 e. The van der Waals surface area contributed by atoms with Crippen molar-refractivity contribution < 1.29 is 33.3 Å². The van der Waals surface area contributed by atoms with E-state index in [1.165, 1.54) is 14.2 Å². The van der Waals surface area contributed by atoms with Gasteiger partial charge in [0.25, 0.3) is 0 Å². The van der Waals surface area contributed by atoms with Gasteiger partial charge in [-0.15, -0.1) is 0 Å². The van der Waals surface area contributed by atoms with Gasteiger partial charge in [-0.25, -0.2) is 0 Å². The Hall–Kier alpha value is -3.48. The molecular weight excluding hydrogens is 412 g/mol. The molecule has 0 amide bonds. The molecular formula is C25H30O7. The monoisotopic (exact) mass is 442 g/mol. The van der Waals surface area contributed by atoms with Gasteiger partial charge in [-0.2, -0.15) is 0 Å². The van der Waals surface area contributed by atoms with Crippen LogP contribution in [0, 0.1) is 6.92 Å². The SMILES string of the molecule is COC(=O)CC/C=C(/c1cc(C)c(OC)c(CC(=O)OC)c1)c1ccc(OC)c(OC)c1. The fourth-order valence-corrected chi connectivity index (χ4v) is 3.50. The number of allylic oxidation sites excluding steroid dienone is 1. The van der Waals surface area contributed by atoms with Gasteiger partial charge in [-0.05, 0) is 59.9 Å². The minimum atomic E-state index is -0.359. The van der Waals surface area contributed by atoms with E-state index in [1.54, 1.807) is 21.3 Å². The third kappa shape index (κ3) is 6.03. The van der Waals surface area contributed by atoms with Gasteiger partial charge in [0.1, 0.15) is 5.75 Å². The lowest BCUT2D eigenvalue weighted by atomic mass is 9.92. The number of carbonyl (C=O) groups excluding carboxylic acids is 2. The molecule has 2 rings (SSSR count). The average Bonchev–Trinajstić information content (AvgIpc) is 2.80. The number of hydrogen-bond donors (Lipinski definition) is 0. The van der Waals surface area contributed by atoms with E-state index in [9.17, 15) is 9.59 Å². The topological polar surface area (TPSA) is 80.3 Å². The van der Waals surface area contributed by atoms with Crippen molar-refractivity contribution in [1.29, 1.82) is 0 Å². The van der Waals surface area contributed by atoms with Gasteiger partial charge in [0.2, 0.25) is 0 Å². The molecule has 0 aliphatic rings. The summed E-state index contributed by atoms with van der Waals surface area (Å²) in [5, 5.41) is 0. The highest BCUT2D eigenvalue weighted by molar-refractivity contribution is 5.83. The highest BCUT2D eigenvalue weighted by atomic mass is 16.5. The molecule has 7 nitrogen and oxygen atoms in total. The van der Waals surface area contributed by atoms with Crippen LogP contribution in [0.25, 0.3) is 5.57 Å². The summed E-state index contributed by atoms with van der Waals surface area (Å²) >= 11 is 0. The van der Waals surface area contributed by atoms with Crippen molar-refractivity contribution in [3.05, 3.63) is 58.7 Å². The number of ether oxygens (including phenoxy) is 5. The quantitative estimate of drug-likeness (QED) is 0.512. The standard InChI is InChI=1S/C25H30O7/c1-16-12-18(13-19(25(16)32-6)15-24(27)31-5)20(8-7-9-23(26)30-4)17-10-11-21(28-2)22(14-17)29-3/h8,10-14H,7,9,15H2,1-6H3/b20-8+. The Balaban J connectivity index is 2.62. The maximum absolute atomic E-state index is 12.0. The van der Waals surface area contributed by atoms with Crippen LogP contribution in [0.3, 0.4) is 0 Å². The van der Waals surface area contributed by atoms with Crippen LogP contribution in [-0.4, -0.2) is 47.5 Å². The first-order valence-corrected chi connectivity index (χ1v) is 10.1. The lowest BCUT2D eigenvalue weighted by Gasteiger charge is -2.17. The van der Waals surface area contributed by atoms with Crippen LogP contribution >= 0.6 is 0 Å². The van der Waals surface area contributed by atoms with E-state index in [0.717, 1.165) is 22.3 Å². The van der Waals surface area contributed by atoms with Gasteiger partial charge in [-0.3, -0.25) is 9.59 Å². The number of rotatable bonds is 10. The van der Waals surface area contributed by atoms with E-state index in [-0.39, 0.29) is 24.8 Å². The summed E-state index contributed by atoms with van der Waals surface area (Å²) in [6, 6.07) is 9.52. The van der Waals surface area contributed by atoms with Gasteiger partial charge >= 0.3 is 11.9 Å². The van der Waals surface area contributed by atoms with Crippen molar-refractivity contribution in [3.63, 3.8) is 0 Å². The van der Waals surface area contributed by atoms with E-state index in [1.807, 2.05) is 43.3 Å². The lowest BCUT2D eigenvalue weighted by molar-refractivity contribution is -0.141. The molecule has 0 atom stereocenters. The zero-order valence-corrected chi connectivity index (χ0v) is 19.4. The molecule has 2 aromatic carbocycles. The Kier molecular flexibility index (Phi) is 9.13. The van der Waals surface area contributed by atoms with E-state index in [4.69, 9.17) is 23.7 Å². The molecule has 0 N–H and O–H groups in total. The van der Waals surface area contributed by atoms with Crippen molar-refractivity contribution in [2.45, 2.75) is 26.2 Å². The molecule has 0 fully saturated rings. The molecule has 0 aliphatic carbocycles. The second kappa shape index (κ2) is 11.8. The molecule has 172 valence electrons. The summed E-state index contributed by atoms with van der Waals surface area (Å²) in [5.74, 6) is 1.19. The minimum Gasteiger partial charge on any atom is -0.496 e. The fourth-order valence-electron chi connectivity index (χ4n) is 3.50. The number of aryl methyl sites for hydroxylation is 1. The van der Waals surface area contributed by atoms with E-state index in [2.05, 4.69) is 0 Å². The molecule has 0 heterocycles. The van der Waals surface area contributed by atoms with Crippen LogP contribution in [0.2, 0.25) is 0 Å². The van der Waals surface area contributed by atoms with E-state index >= 15 is 0 Å². The summed E-state index contributed by atoms with van der Waals surface area (Å²) in [7, 11) is 7.45. The predicted molar refractivity (Wildman–Crippen MR) is 121 cm³/mol. The van der Waals surface area contributed by atoms with Crippen molar-refractivity contribution in [3.8, 4) is 17.2 Å².